The molecule has 0 aromatic heterocycles. The monoisotopic (exact) mass is 534 g/mol. The number of carbonyl (C=O) groups is 2. The summed E-state index contributed by atoms with van der Waals surface area (Å²) in [5.74, 6) is -0.459. The number of hydrogen-bond acceptors (Lipinski definition) is 6. The van der Waals surface area contributed by atoms with E-state index >= 15 is 0 Å². The van der Waals surface area contributed by atoms with Gasteiger partial charge in [0, 0.05) is 32.1 Å². The van der Waals surface area contributed by atoms with Gasteiger partial charge in [-0.1, -0.05) is 42.5 Å². The van der Waals surface area contributed by atoms with Crippen molar-refractivity contribution in [2.24, 2.45) is 11.8 Å². The van der Waals surface area contributed by atoms with Gasteiger partial charge in [0.05, 0.1) is 12.5 Å². The quantitative estimate of drug-likeness (QED) is 0.333. The molecule has 2 aliphatic rings. The molecule has 0 aromatic rings. The lowest BCUT2D eigenvalue weighted by Crippen LogP contribution is -2.48. The average molecular weight is 534 g/mol. The Hall–Kier alpha value is -1.13. The number of piperazine rings is 1. The molecule has 0 unspecified atom stereocenters. The second-order valence-corrected chi connectivity index (χ2v) is 9.18. The Morgan fingerprint density at radius 1 is 1.23 bits per heavy atom. The highest BCUT2D eigenvalue weighted by molar-refractivity contribution is 14.1. The molecule has 2 heterocycles. The number of nitrogens with zero attached hydrogens (tertiary/aromatic N) is 2. The Balaban J connectivity index is 2.18. The highest BCUT2D eigenvalue weighted by Crippen LogP contribution is 2.25. The Labute approximate surface area is 193 Å². The molecule has 7 nitrogen and oxygen atoms in total. The number of likely N-dealkylation sites (N-methyl/N-ethyl adjacent to an activating group) is 1. The summed E-state index contributed by atoms with van der Waals surface area (Å²) in [7, 11) is 2.04. The molecule has 0 aromatic carbocycles. The first kappa shape index (κ1) is 25.1. The minimum absolute atomic E-state index is 0.0228. The molecule has 1 fully saturated rings. The van der Waals surface area contributed by atoms with Crippen molar-refractivity contribution in [3.63, 3.8) is 0 Å². The second kappa shape index (κ2) is 12.0. The third-order valence-electron chi connectivity index (χ3n) is 5.88. The molecule has 2 aliphatic heterocycles. The first-order chi connectivity index (χ1) is 14.2. The number of esters is 1. The molecule has 1 amide bonds. The van der Waals surface area contributed by atoms with Crippen molar-refractivity contribution < 1.29 is 24.2 Å². The van der Waals surface area contributed by atoms with Crippen molar-refractivity contribution in [3.8, 4) is 0 Å². The van der Waals surface area contributed by atoms with Crippen LogP contribution in [0.4, 0.5) is 4.79 Å². The summed E-state index contributed by atoms with van der Waals surface area (Å²) in [6, 6.07) is 0. The van der Waals surface area contributed by atoms with Gasteiger partial charge in [-0.05, 0) is 48.5 Å². The Morgan fingerprint density at radius 3 is 2.53 bits per heavy atom. The normalized spacial score (nSPS) is 33.8. The lowest BCUT2D eigenvalue weighted by molar-refractivity contribution is -0.151. The topological polar surface area (TPSA) is 79.3 Å². The van der Waals surface area contributed by atoms with Crippen molar-refractivity contribution in [2.75, 3.05) is 33.2 Å². The van der Waals surface area contributed by atoms with E-state index in [9.17, 15) is 14.7 Å². The van der Waals surface area contributed by atoms with Crippen LogP contribution in [0.15, 0.2) is 21.8 Å². The molecule has 0 radical (unpaired) electrons. The van der Waals surface area contributed by atoms with Crippen LogP contribution in [-0.4, -0.2) is 78.5 Å². The van der Waals surface area contributed by atoms with Crippen molar-refractivity contribution in [1.82, 2.24) is 9.80 Å². The van der Waals surface area contributed by atoms with Gasteiger partial charge in [-0.2, -0.15) is 0 Å². The van der Waals surface area contributed by atoms with Crippen molar-refractivity contribution in [2.45, 2.75) is 58.3 Å². The maximum absolute atomic E-state index is 12.7. The number of amides is 1. The Bertz CT molecular complexity index is 645. The molecule has 8 heteroatoms. The van der Waals surface area contributed by atoms with Gasteiger partial charge >= 0.3 is 12.1 Å². The molecule has 1 saturated heterocycles. The lowest BCUT2D eigenvalue weighted by Gasteiger charge is -2.33. The second-order valence-electron chi connectivity index (χ2n) is 8.56. The van der Waals surface area contributed by atoms with E-state index in [2.05, 4.69) is 27.5 Å². The molecule has 1 N–H and O–H groups in total. The smallest absolute Gasteiger partial charge is 0.410 e. The summed E-state index contributed by atoms with van der Waals surface area (Å²) in [5, 5.41) is 10.3. The van der Waals surface area contributed by atoms with Gasteiger partial charge in [0.15, 0.2) is 0 Å². The Morgan fingerprint density at radius 2 is 1.90 bits per heavy atom. The van der Waals surface area contributed by atoms with Crippen LogP contribution < -0.4 is 0 Å². The summed E-state index contributed by atoms with van der Waals surface area (Å²) >= 11 is 2.13. The zero-order chi connectivity index (χ0) is 22.3. The van der Waals surface area contributed by atoms with E-state index in [1.54, 1.807) is 4.90 Å². The van der Waals surface area contributed by atoms with Crippen molar-refractivity contribution >= 4 is 34.7 Å². The summed E-state index contributed by atoms with van der Waals surface area (Å²) in [5.41, 5.74) is 0.937. The molecule has 0 aliphatic carbocycles. The fraction of sp³-hybridized carbons (Fsp3) is 0.727. The number of halogens is 1. The molecule has 5 atom stereocenters. The maximum Gasteiger partial charge on any atom is 0.410 e. The minimum atomic E-state index is -0.766. The van der Waals surface area contributed by atoms with Crippen LogP contribution in [0.1, 0.15) is 40.0 Å². The molecular formula is C22H35IN2O5. The number of ether oxygens (including phenoxy) is 2. The van der Waals surface area contributed by atoms with Crippen LogP contribution in [0.5, 0.6) is 0 Å². The number of aliphatic hydroxyl groups excluding tert-OH is 1. The molecule has 2 rings (SSSR count). The van der Waals surface area contributed by atoms with Gasteiger partial charge < -0.3 is 24.4 Å². The van der Waals surface area contributed by atoms with Gasteiger partial charge in [-0.15, -0.1) is 0 Å². The predicted molar refractivity (Wildman–Crippen MR) is 124 cm³/mol. The minimum Gasteiger partial charge on any atom is -0.457 e. The van der Waals surface area contributed by atoms with Crippen LogP contribution in [0.25, 0.3) is 0 Å². The van der Waals surface area contributed by atoms with E-state index in [-0.39, 0.29) is 24.3 Å². The fourth-order valence-corrected chi connectivity index (χ4v) is 4.05. The molecule has 0 saturated carbocycles. The van der Waals surface area contributed by atoms with E-state index in [1.807, 2.05) is 44.1 Å². The van der Waals surface area contributed by atoms with Gasteiger partial charge in [-0.3, -0.25) is 4.79 Å². The molecular weight excluding hydrogens is 499 g/mol. The first-order valence-electron chi connectivity index (χ1n) is 10.7. The third-order valence-corrected chi connectivity index (χ3v) is 6.86. The number of cyclic esters (lactones) is 1. The standard InChI is InChI=1S/C22H35IN2O5/c1-15-5-7-18(26)13-20(27)30-21(17(3)14-23)16(2)6-8-19(15)29-22(28)25-11-9-24(4)10-12-25/h6,8,14-16,18-19,21,26H,5,7,9-13H2,1-4H3/b8-6+,17-14+/t15-,16-,18+,19-,21-/m0/s1. The third kappa shape index (κ3) is 7.53. The van der Waals surface area contributed by atoms with Crippen LogP contribution in [0, 0.1) is 11.8 Å². The number of aliphatic hydroxyl groups is 1. The maximum atomic E-state index is 12.7. The largest absolute Gasteiger partial charge is 0.457 e. The van der Waals surface area contributed by atoms with Crippen LogP contribution in [0.3, 0.4) is 0 Å². The van der Waals surface area contributed by atoms with Gasteiger partial charge in [-0.25, -0.2) is 4.79 Å². The molecule has 30 heavy (non-hydrogen) atoms. The molecule has 0 spiro atoms. The zero-order valence-corrected chi connectivity index (χ0v) is 20.6. The van der Waals surface area contributed by atoms with Crippen molar-refractivity contribution in [3.05, 3.63) is 21.8 Å². The Kier molecular flexibility index (Phi) is 10.1. The number of hydrogen-bond donors (Lipinski definition) is 1. The SMILES string of the molecule is C/C(=C\I)[C@H]1OC(=O)C[C@H](O)CC[C@H](C)[C@@H](OC(=O)N2CCN(C)CC2)/C=C/[C@@H]1C. The lowest BCUT2D eigenvalue weighted by atomic mass is 9.92. The van der Waals surface area contributed by atoms with E-state index in [0.29, 0.717) is 25.9 Å². The summed E-state index contributed by atoms with van der Waals surface area (Å²) < 4.78 is 13.4. The van der Waals surface area contributed by atoms with Gasteiger partial charge in [0.2, 0.25) is 0 Å². The van der Waals surface area contributed by atoms with E-state index in [1.165, 1.54) is 0 Å². The van der Waals surface area contributed by atoms with Crippen LogP contribution in [-0.2, 0) is 14.3 Å². The summed E-state index contributed by atoms with van der Waals surface area (Å²) in [6.45, 7) is 8.91. The highest BCUT2D eigenvalue weighted by atomic mass is 127. The average Bonchev–Trinajstić information content (AvgIpc) is 2.72. The van der Waals surface area contributed by atoms with Gasteiger partial charge in [0.1, 0.15) is 12.2 Å². The highest BCUT2D eigenvalue weighted by Gasteiger charge is 2.28. The summed E-state index contributed by atoms with van der Waals surface area (Å²) in [6.07, 6.45) is 3.08. The summed E-state index contributed by atoms with van der Waals surface area (Å²) in [4.78, 5) is 28.9. The number of rotatable bonds is 2. The van der Waals surface area contributed by atoms with Crippen molar-refractivity contribution in [1.29, 1.82) is 0 Å². The van der Waals surface area contributed by atoms with E-state index in [4.69, 9.17) is 9.47 Å². The predicted octanol–water partition coefficient (Wildman–Crippen LogP) is 3.36. The first-order valence-corrected chi connectivity index (χ1v) is 11.9. The van der Waals surface area contributed by atoms with Crippen LogP contribution in [0.2, 0.25) is 0 Å². The molecule has 0 bridgehead atoms. The fourth-order valence-electron chi connectivity index (χ4n) is 3.69. The number of carbonyl (C=O) groups excluding carboxylic acids is 2. The zero-order valence-electron chi connectivity index (χ0n) is 18.4. The van der Waals surface area contributed by atoms with E-state index < -0.39 is 24.3 Å². The van der Waals surface area contributed by atoms with Gasteiger partial charge in [0.25, 0.3) is 0 Å². The molecule has 170 valence electrons. The van der Waals surface area contributed by atoms with Crippen LogP contribution >= 0.6 is 22.6 Å². The van der Waals surface area contributed by atoms with E-state index in [0.717, 1.165) is 18.7 Å².